The second-order valence-electron chi connectivity index (χ2n) is 11.9. The molecule has 6 unspecified atom stereocenters. The molecule has 1 saturated carbocycles. The van der Waals surface area contributed by atoms with Gasteiger partial charge in [0.1, 0.15) is 5.75 Å². The van der Waals surface area contributed by atoms with Crippen LogP contribution in [-0.4, -0.2) is 17.3 Å². The molecular weight excluding hydrogens is 380 g/mol. The van der Waals surface area contributed by atoms with Gasteiger partial charge in [0, 0.05) is 5.92 Å². The summed E-state index contributed by atoms with van der Waals surface area (Å²) in [4.78, 5) is 0. The van der Waals surface area contributed by atoms with Crippen LogP contribution in [0.5, 0.6) is 5.75 Å². The van der Waals surface area contributed by atoms with Gasteiger partial charge in [0.15, 0.2) is 0 Å². The zero-order valence-corrected chi connectivity index (χ0v) is 20.1. The van der Waals surface area contributed by atoms with Gasteiger partial charge in [-0.15, -0.1) is 0 Å². The van der Waals surface area contributed by atoms with Crippen molar-refractivity contribution in [3.05, 3.63) is 53.1 Å². The van der Waals surface area contributed by atoms with Crippen molar-refractivity contribution in [2.45, 2.75) is 91.8 Å². The van der Waals surface area contributed by atoms with E-state index >= 15 is 0 Å². The van der Waals surface area contributed by atoms with Crippen molar-refractivity contribution in [1.82, 2.24) is 0 Å². The van der Waals surface area contributed by atoms with Gasteiger partial charge in [-0.25, -0.2) is 0 Å². The summed E-state index contributed by atoms with van der Waals surface area (Å²) >= 11 is 0. The second-order valence-corrected chi connectivity index (χ2v) is 11.9. The molecule has 0 bridgehead atoms. The van der Waals surface area contributed by atoms with E-state index in [1.54, 1.807) is 16.7 Å². The average molecular weight is 421 g/mol. The van der Waals surface area contributed by atoms with E-state index in [1.807, 2.05) is 6.07 Å². The Balaban J connectivity index is 1.44. The molecule has 1 aromatic rings. The summed E-state index contributed by atoms with van der Waals surface area (Å²) in [5, 5.41) is 10.8. The highest BCUT2D eigenvalue weighted by molar-refractivity contribution is 5.50. The van der Waals surface area contributed by atoms with E-state index in [1.165, 1.54) is 25.7 Å². The highest BCUT2D eigenvalue weighted by atomic mass is 16.5. The molecule has 2 heteroatoms. The van der Waals surface area contributed by atoms with Crippen LogP contribution in [-0.2, 0) is 0 Å². The molecule has 6 atom stereocenters. The van der Waals surface area contributed by atoms with Gasteiger partial charge in [0.25, 0.3) is 0 Å². The molecule has 0 aromatic heterocycles. The molecule has 2 nitrogen and oxygen atoms in total. The predicted octanol–water partition coefficient (Wildman–Crippen LogP) is 7.09. The van der Waals surface area contributed by atoms with Gasteiger partial charge in [-0.2, -0.15) is 0 Å². The van der Waals surface area contributed by atoms with Crippen molar-refractivity contribution in [1.29, 1.82) is 0 Å². The highest BCUT2D eigenvalue weighted by Crippen LogP contribution is 2.66. The fourth-order valence-electron chi connectivity index (χ4n) is 8.22. The molecule has 1 N–H and O–H groups in total. The lowest BCUT2D eigenvalue weighted by molar-refractivity contribution is -0.0906. The van der Waals surface area contributed by atoms with E-state index in [0.29, 0.717) is 11.8 Å². The van der Waals surface area contributed by atoms with Gasteiger partial charge in [-0.1, -0.05) is 57.5 Å². The first-order chi connectivity index (χ1) is 14.7. The third-order valence-corrected chi connectivity index (χ3v) is 10.1. The Kier molecular flexibility index (Phi) is 4.97. The highest BCUT2D eigenvalue weighted by Gasteiger charge is 2.57. The van der Waals surface area contributed by atoms with Gasteiger partial charge in [0.05, 0.1) is 12.2 Å². The van der Waals surface area contributed by atoms with Gasteiger partial charge >= 0.3 is 0 Å². The average Bonchev–Trinajstić information content (AvgIpc) is 3.09. The van der Waals surface area contributed by atoms with E-state index in [4.69, 9.17) is 4.74 Å². The topological polar surface area (TPSA) is 29.5 Å². The number of allylic oxidation sites excluding steroid dienone is 4. The number of aliphatic hydroxyl groups is 1. The van der Waals surface area contributed by atoms with Crippen LogP contribution < -0.4 is 4.74 Å². The summed E-state index contributed by atoms with van der Waals surface area (Å²) in [6, 6.07) is 10.3. The third-order valence-electron chi connectivity index (χ3n) is 10.1. The Hall–Kier alpha value is -1.54. The number of hydrogen-bond donors (Lipinski definition) is 1. The lowest BCUT2D eigenvalue weighted by Gasteiger charge is -2.59. The van der Waals surface area contributed by atoms with Gasteiger partial charge in [-0.05, 0) is 97.3 Å². The first kappa shape index (κ1) is 21.3. The minimum atomic E-state index is -0.160. The fraction of sp³-hybridized carbons (Fsp3) is 0.655. The maximum atomic E-state index is 10.8. The van der Waals surface area contributed by atoms with Crippen LogP contribution in [0.4, 0.5) is 0 Å². The van der Waals surface area contributed by atoms with E-state index < -0.39 is 0 Å². The van der Waals surface area contributed by atoms with Crippen LogP contribution in [0.15, 0.2) is 53.1 Å². The Labute approximate surface area is 188 Å². The molecular formula is C29H40O2. The molecule has 5 rings (SSSR count). The van der Waals surface area contributed by atoms with E-state index in [2.05, 4.69) is 65.0 Å². The lowest BCUT2D eigenvalue weighted by Crippen LogP contribution is -2.53. The molecule has 0 saturated heterocycles. The predicted molar refractivity (Wildman–Crippen MR) is 127 cm³/mol. The number of para-hydroxylation sites is 1. The summed E-state index contributed by atoms with van der Waals surface area (Å²) in [6.45, 7) is 11.9. The summed E-state index contributed by atoms with van der Waals surface area (Å²) in [5.74, 6) is 2.11. The van der Waals surface area contributed by atoms with Crippen molar-refractivity contribution in [3.63, 3.8) is 0 Å². The molecule has 0 radical (unpaired) electrons. The summed E-state index contributed by atoms with van der Waals surface area (Å²) in [6.07, 6.45) is 10.7. The van der Waals surface area contributed by atoms with Gasteiger partial charge < -0.3 is 9.84 Å². The number of ether oxygens (including phenoxy) is 1. The maximum absolute atomic E-state index is 10.8. The smallest absolute Gasteiger partial charge is 0.119 e. The van der Waals surface area contributed by atoms with E-state index in [-0.39, 0.29) is 28.5 Å². The van der Waals surface area contributed by atoms with Crippen LogP contribution in [0.2, 0.25) is 0 Å². The molecule has 168 valence electrons. The largest absolute Gasteiger partial charge is 0.490 e. The minimum Gasteiger partial charge on any atom is -0.490 e. The van der Waals surface area contributed by atoms with Crippen LogP contribution in [0.25, 0.3) is 0 Å². The fourth-order valence-corrected chi connectivity index (χ4v) is 8.22. The SMILES string of the molecule is CC(Oc1ccccc1)C1CC=C2C3=C(CCC21C)C1(C)CCC(O)C(C)(C)C1CC3. The molecule has 0 heterocycles. The van der Waals surface area contributed by atoms with Crippen molar-refractivity contribution in [3.8, 4) is 5.75 Å². The van der Waals surface area contributed by atoms with Crippen molar-refractivity contribution in [2.75, 3.05) is 0 Å². The minimum absolute atomic E-state index is 0.0108. The van der Waals surface area contributed by atoms with Gasteiger partial charge in [-0.3, -0.25) is 0 Å². The van der Waals surface area contributed by atoms with Crippen LogP contribution in [0.3, 0.4) is 0 Å². The standard InChI is InChI=1S/C29H40O2/c1-19(31-20-9-7-6-8-10-20)22-12-13-23-21-11-14-25-27(2,3)26(30)16-18-29(25,5)24(21)15-17-28(22,23)4/h6-10,13,19,22,25-26,30H,11-12,14-18H2,1-5H3. The number of fused-ring (bicyclic) bond motifs is 4. The normalized spacial score (nSPS) is 39.8. The quantitative estimate of drug-likeness (QED) is 0.565. The zero-order chi connectivity index (χ0) is 22.0. The van der Waals surface area contributed by atoms with Crippen LogP contribution in [0, 0.1) is 28.1 Å². The summed E-state index contributed by atoms with van der Waals surface area (Å²) in [5.41, 5.74) is 5.56. The number of benzene rings is 1. The van der Waals surface area contributed by atoms with Crippen molar-refractivity contribution >= 4 is 0 Å². The molecule has 4 aliphatic rings. The van der Waals surface area contributed by atoms with Crippen molar-refractivity contribution in [2.24, 2.45) is 28.1 Å². The lowest BCUT2D eigenvalue weighted by atomic mass is 9.46. The maximum Gasteiger partial charge on any atom is 0.119 e. The first-order valence-electron chi connectivity index (χ1n) is 12.5. The molecule has 0 aliphatic heterocycles. The summed E-state index contributed by atoms with van der Waals surface area (Å²) in [7, 11) is 0. The van der Waals surface area contributed by atoms with E-state index in [9.17, 15) is 5.11 Å². The van der Waals surface area contributed by atoms with Crippen LogP contribution in [0.1, 0.15) is 79.6 Å². The first-order valence-corrected chi connectivity index (χ1v) is 12.5. The Morgan fingerprint density at radius 1 is 0.968 bits per heavy atom. The Morgan fingerprint density at radius 2 is 1.71 bits per heavy atom. The molecule has 1 aromatic carbocycles. The monoisotopic (exact) mass is 420 g/mol. The number of hydrogen-bond acceptors (Lipinski definition) is 2. The Morgan fingerprint density at radius 3 is 2.45 bits per heavy atom. The number of aliphatic hydroxyl groups excluding tert-OH is 1. The third kappa shape index (κ3) is 3.08. The molecule has 1 fully saturated rings. The molecule has 0 amide bonds. The number of rotatable bonds is 3. The molecule has 0 spiro atoms. The Bertz CT molecular complexity index is 910. The van der Waals surface area contributed by atoms with Crippen molar-refractivity contribution < 1.29 is 9.84 Å². The van der Waals surface area contributed by atoms with Gasteiger partial charge in [0.2, 0.25) is 0 Å². The summed E-state index contributed by atoms with van der Waals surface area (Å²) < 4.78 is 6.42. The molecule has 4 aliphatic carbocycles. The zero-order valence-electron chi connectivity index (χ0n) is 20.1. The van der Waals surface area contributed by atoms with E-state index in [0.717, 1.165) is 25.0 Å². The second kappa shape index (κ2) is 7.24. The van der Waals surface area contributed by atoms with Crippen LogP contribution >= 0.6 is 0 Å². The molecule has 31 heavy (non-hydrogen) atoms.